The fourth-order valence-corrected chi connectivity index (χ4v) is 113. The summed E-state index contributed by atoms with van der Waals surface area (Å²) in [5.74, 6) is 0. The van der Waals surface area contributed by atoms with Gasteiger partial charge in [0.25, 0.3) is 0 Å². The van der Waals surface area contributed by atoms with Crippen LogP contribution in [-0.2, 0) is 15.9 Å². The summed E-state index contributed by atoms with van der Waals surface area (Å²) < 4.78 is 18.3. The predicted molar refractivity (Wildman–Crippen MR) is 114 cm³/mol. The summed E-state index contributed by atoms with van der Waals surface area (Å²) in [6.45, 7) is 15.3. The van der Waals surface area contributed by atoms with Gasteiger partial charge in [0.1, 0.15) is 0 Å². The van der Waals surface area contributed by atoms with E-state index in [-0.39, 0.29) is 24.8 Å². The second kappa shape index (κ2) is 5.17. The zero-order chi connectivity index (χ0) is 16.4. The molecule has 0 heterocycles. The number of hydrogen-bond acceptors (Lipinski definition) is 1. The molecule has 0 aromatic heterocycles. The second-order valence-electron chi connectivity index (χ2n) is 13.5. The van der Waals surface area contributed by atoms with Crippen LogP contribution in [0.5, 0.6) is 0 Å². The molecule has 0 aromatic carbocycles. The SMILES string of the molecule is C[Si](C)(C)[N]([Si](C)(C)C)[Hf]([CH3])([CH3])([CH3])([CH3])([CH3])[C]1=CC=CC1.Cl.Cl. The minimum atomic E-state index is -4.20. The van der Waals surface area contributed by atoms with Gasteiger partial charge in [-0.2, -0.15) is 0 Å². The first-order valence-electron chi connectivity index (χ1n) is 8.14. The van der Waals surface area contributed by atoms with E-state index in [1.165, 1.54) is 0 Å². The molecule has 0 atom stereocenters. The van der Waals surface area contributed by atoms with E-state index < -0.39 is 32.3 Å². The van der Waals surface area contributed by atoms with Crippen molar-refractivity contribution >= 4 is 41.3 Å². The Morgan fingerprint density at radius 1 is 0.818 bits per heavy atom. The molecular weight excluding hydrogens is 512 g/mol. The Morgan fingerprint density at radius 2 is 1.18 bits per heavy atom. The van der Waals surface area contributed by atoms with Crippen molar-refractivity contribution in [2.45, 2.75) is 69.1 Å². The van der Waals surface area contributed by atoms with Crippen LogP contribution in [0.25, 0.3) is 0 Å². The van der Waals surface area contributed by atoms with Crippen LogP contribution in [0.2, 0.25) is 62.7 Å². The van der Waals surface area contributed by atoms with Gasteiger partial charge in [-0.3, -0.25) is 0 Å². The van der Waals surface area contributed by atoms with Gasteiger partial charge in [-0.15, -0.1) is 24.8 Å². The van der Waals surface area contributed by atoms with Crippen LogP contribution >= 0.6 is 24.8 Å². The summed E-state index contributed by atoms with van der Waals surface area (Å²) in [6.07, 6.45) is 8.23. The monoisotopic (exact) mass is 552 g/mol. The van der Waals surface area contributed by atoms with E-state index in [1.54, 1.807) is 3.33 Å². The molecule has 0 radical (unpaired) electrons. The van der Waals surface area contributed by atoms with Gasteiger partial charge in [-0.05, 0) is 0 Å². The minimum Gasteiger partial charge on any atom is -0.147 e. The molecule has 0 amide bonds. The average Bonchev–Trinajstić information content (AvgIpc) is 2.41. The summed E-state index contributed by atoms with van der Waals surface area (Å²) in [7, 11) is -2.85. The molecule has 0 aromatic rings. The van der Waals surface area contributed by atoms with Gasteiger partial charge < -0.3 is 0 Å². The van der Waals surface area contributed by atoms with Crippen molar-refractivity contribution in [3.8, 4) is 0 Å². The third kappa shape index (κ3) is 4.48. The van der Waals surface area contributed by atoms with Crippen LogP contribution in [0, 0.1) is 0 Å². The Bertz CT molecular complexity index is 495. The summed E-state index contributed by atoms with van der Waals surface area (Å²) in [6, 6.07) is 0. The van der Waals surface area contributed by atoms with E-state index in [0.29, 0.717) is 0 Å². The normalized spacial score (nSPS) is 20.9. The number of nitrogens with zero attached hydrogens (tertiary/aromatic N) is 1. The van der Waals surface area contributed by atoms with Crippen LogP contribution in [0.3, 0.4) is 0 Å². The molecule has 0 spiro atoms. The maximum Gasteiger partial charge on any atom is -0.147 e. The Balaban J connectivity index is 0. The number of rotatable bonds is 4. The topological polar surface area (TPSA) is 3.24 Å². The van der Waals surface area contributed by atoms with Crippen molar-refractivity contribution < 1.29 is 15.9 Å². The van der Waals surface area contributed by atoms with Crippen LogP contribution < -0.4 is 0 Å². The van der Waals surface area contributed by atoms with Gasteiger partial charge in [0.15, 0.2) is 0 Å². The van der Waals surface area contributed by atoms with Crippen LogP contribution in [0.1, 0.15) is 6.42 Å². The van der Waals surface area contributed by atoms with Crippen molar-refractivity contribution in [3.05, 3.63) is 21.6 Å². The molecule has 0 N–H and O–H groups in total. The van der Waals surface area contributed by atoms with Gasteiger partial charge in [0.05, 0.1) is 0 Å². The summed E-state index contributed by atoms with van der Waals surface area (Å²) >= 11 is -4.20. The quantitative estimate of drug-likeness (QED) is 0.326. The summed E-state index contributed by atoms with van der Waals surface area (Å²) in [4.78, 5) is 0. The van der Waals surface area contributed by atoms with Crippen molar-refractivity contribution in [2.24, 2.45) is 0 Å². The predicted octanol–water partition coefficient (Wildman–Crippen LogP) is 7.56. The van der Waals surface area contributed by atoms with Gasteiger partial charge in [0.2, 0.25) is 0 Å². The van der Waals surface area contributed by atoms with Crippen molar-refractivity contribution in [1.82, 2.24) is 2.22 Å². The first-order chi connectivity index (χ1) is 8.22. The molecule has 135 valence electrons. The van der Waals surface area contributed by atoms with Crippen molar-refractivity contribution in [1.29, 1.82) is 0 Å². The minimum absolute atomic E-state index is 0. The molecule has 0 saturated heterocycles. The third-order valence-corrected chi connectivity index (χ3v) is 69.1. The van der Waals surface area contributed by atoms with E-state index in [4.69, 9.17) is 0 Å². The summed E-state index contributed by atoms with van der Waals surface area (Å²) in [5.41, 5.74) is 0. The number of hydrogen-bond donors (Lipinski definition) is 0. The van der Waals surface area contributed by atoms with E-state index in [0.717, 1.165) is 6.42 Å². The Hall–Kier alpha value is 1.32. The molecule has 1 aliphatic rings. The molecule has 1 rings (SSSR count). The van der Waals surface area contributed by atoms with Gasteiger partial charge in [0, 0.05) is 0 Å². The van der Waals surface area contributed by atoms with Crippen LogP contribution in [-0.4, -0.2) is 18.7 Å². The zero-order valence-corrected chi connectivity index (χ0v) is 23.9. The molecule has 0 unspecified atom stereocenters. The van der Waals surface area contributed by atoms with Crippen LogP contribution in [0.4, 0.5) is 0 Å². The average molecular weight is 552 g/mol. The summed E-state index contributed by atoms with van der Waals surface area (Å²) in [5, 5.41) is 0. The standard InChI is InChI=1S/C6H18NSi2.C5H5.5CH3.2ClH.Hf/c1-8(2,3)7-9(4,5)6;1-2-4-5-3-1;;;;;;;;/h1-6H3;1-3H,4H2;5*1H3;2*1H;/q-1;;;;;;;;;+1. The molecule has 0 saturated carbocycles. The third-order valence-electron chi connectivity index (χ3n) is 5.09. The van der Waals surface area contributed by atoms with E-state index in [2.05, 4.69) is 83.1 Å². The Morgan fingerprint density at radius 3 is 1.41 bits per heavy atom. The largest absolute Gasteiger partial charge is 0.147 e. The molecule has 0 fully saturated rings. The van der Waals surface area contributed by atoms with Crippen LogP contribution in [0.15, 0.2) is 21.6 Å². The molecule has 1 nitrogen and oxygen atoms in total. The molecule has 1 aliphatic carbocycles. The van der Waals surface area contributed by atoms with E-state index >= 15 is 0 Å². The Kier molecular flexibility index (Phi) is 6.00. The smallest absolute Gasteiger partial charge is 0.147 e. The van der Waals surface area contributed by atoms with E-state index in [9.17, 15) is 0 Å². The second-order valence-corrected chi connectivity index (χ2v) is 84.4. The van der Waals surface area contributed by atoms with Crippen molar-refractivity contribution in [3.63, 3.8) is 0 Å². The molecule has 0 bridgehead atoms. The van der Waals surface area contributed by atoms with Crippen molar-refractivity contribution in [2.75, 3.05) is 0 Å². The van der Waals surface area contributed by atoms with Gasteiger partial charge in [-0.1, -0.05) is 0 Å². The molecule has 6 heteroatoms. The maximum atomic E-state index is 3.17. The maximum absolute atomic E-state index is 4.20. The fraction of sp³-hybridized carbons (Fsp3) is 0.750. The Labute approximate surface area is 149 Å². The molecular formula is C16H40Cl2HfNSi2. The van der Waals surface area contributed by atoms with E-state index in [1.807, 2.05) is 0 Å². The first kappa shape index (κ1) is 25.6. The van der Waals surface area contributed by atoms with Gasteiger partial charge in [-0.25, -0.2) is 0 Å². The molecule has 0 aliphatic heterocycles. The fourth-order valence-electron chi connectivity index (χ4n) is 6.30. The van der Waals surface area contributed by atoms with Gasteiger partial charge >= 0.3 is 125 Å². The number of allylic oxidation sites excluding steroid dienone is 4. The molecule has 22 heavy (non-hydrogen) atoms. The zero-order valence-electron chi connectivity index (χ0n) is 16.7. The first-order valence-corrected chi connectivity index (χ1v) is 36.4. The number of halogens is 2.